The lowest BCUT2D eigenvalue weighted by Crippen LogP contribution is -2.23. The highest BCUT2D eigenvalue weighted by atomic mass is 79.9. The number of alkyl halides is 1. The Morgan fingerprint density at radius 3 is 2.69 bits per heavy atom. The molecule has 1 aromatic rings. The second-order valence-corrected chi connectivity index (χ2v) is 4.43. The lowest BCUT2D eigenvalue weighted by atomic mass is 10.1. The zero-order valence-corrected chi connectivity index (χ0v) is 11.9. The van der Waals surface area contributed by atoms with Crippen LogP contribution < -0.4 is 4.90 Å². The third kappa shape index (κ3) is 3.80. The minimum absolute atomic E-state index is 0.784. The van der Waals surface area contributed by atoms with Crippen LogP contribution in [-0.2, 0) is 10.1 Å². The van der Waals surface area contributed by atoms with Crippen LogP contribution >= 0.6 is 15.9 Å². The highest BCUT2D eigenvalue weighted by Gasteiger charge is 2.04. The summed E-state index contributed by atoms with van der Waals surface area (Å²) in [6, 6.07) is 6.56. The molecule has 2 nitrogen and oxygen atoms in total. The summed E-state index contributed by atoms with van der Waals surface area (Å²) < 4.78 is 5.36. The van der Waals surface area contributed by atoms with Gasteiger partial charge < -0.3 is 9.64 Å². The van der Waals surface area contributed by atoms with Gasteiger partial charge in [-0.3, -0.25) is 0 Å². The van der Waals surface area contributed by atoms with Crippen molar-refractivity contribution in [2.45, 2.75) is 19.2 Å². The van der Waals surface area contributed by atoms with E-state index in [-0.39, 0.29) is 0 Å². The molecule has 0 saturated carbocycles. The van der Waals surface area contributed by atoms with E-state index in [1.807, 2.05) is 6.92 Å². The van der Waals surface area contributed by atoms with E-state index in [1.165, 1.54) is 16.8 Å². The van der Waals surface area contributed by atoms with E-state index in [9.17, 15) is 0 Å². The van der Waals surface area contributed by atoms with Crippen molar-refractivity contribution in [3.05, 3.63) is 29.3 Å². The number of aryl methyl sites for hydroxylation is 1. The molecule has 0 spiro atoms. The minimum Gasteiger partial charge on any atom is -0.380 e. The molecule has 1 aromatic carbocycles. The topological polar surface area (TPSA) is 12.5 Å². The number of nitrogens with zero attached hydrogens (tertiary/aromatic N) is 1. The first-order valence-corrected chi connectivity index (χ1v) is 6.75. The molecule has 16 heavy (non-hydrogen) atoms. The standard InChI is InChI=1S/C13H20BrNO/c1-4-16-8-7-15(3)13-6-5-12(10-14)9-11(13)2/h5-6,9H,4,7-8,10H2,1-3H3. The summed E-state index contributed by atoms with van der Waals surface area (Å²) in [6.07, 6.45) is 0. The monoisotopic (exact) mass is 285 g/mol. The van der Waals surface area contributed by atoms with Crippen LogP contribution in [0.4, 0.5) is 5.69 Å². The van der Waals surface area contributed by atoms with Gasteiger partial charge in [0, 0.05) is 31.2 Å². The maximum atomic E-state index is 5.36. The number of likely N-dealkylation sites (N-methyl/N-ethyl adjacent to an activating group) is 1. The van der Waals surface area contributed by atoms with Gasteiger partial charge in [0.25, 0.3) is 0 Å². The average Bonchev–Trinajstić information content (AvgIpc) is 2.29. The zero-order valence-electron chi connectivity index (χ0n) is 10.3. The first-order chi connectivity index (χ1) is 7.69. The summed E-state index contributed by atoms with van der Waals surface area (Å²) in [5.74, 6) is 0. The summed E-state index contributed by atoms with van der Waals surface area (Å²) in [5.41, 5.74) is 3.92. The molecule has 0 atom stereocenters. The number of anilines is 1. The molecule has 0 unspecified atom stereocenters. The van der Waals surface area contributed by atoms with Crippen molar-refractivity contribution in [1.29, 1.82) is 0 Å². The third-order valence-corrected chi connectivity index (χ3v) is 3.25. The van der Waals surface area contributed by atoms with Crippen molar-refractivity contribution in [3.63, 3.8) is 0 Å². The van der Waals surface area contributed by atoms with Gasteiger partial charge in [0.05, 0.1) is 6.61 Å². The Hall–Kier alpha value is -0.540. The first-order valence-electron chi connectivity index (χ1n) is 5.63. The fourth-order valence-corrected chi connectivity index (χ4v) is 2.04. The van der Waals surface area contributed by atoms with Crippen LogP contribution in [0.15, 0.2) is 18.2 Å². The molecule has 0 saturated heterocycles. The predicted molar refractivity (Wildman–Crippen MR) is 73.6 cm³/mol. The molecule has 0 fully saturated rings. The Labute approximate surface area is 107 Å². The minimum atomic E-state index is 0.784. The number of hydrogen-bond acceptors (Lipinski definition) is 2. The first kappa shape index (κ1) is 13.5. The molecule has 3 heteroatoms. The molecule has 0 amide bonds. The Morgan fingerprint density at radius 2 is 2.12 bits per heavy atom. The van der Waals surface area contributed by atoms with Crippen molar-refractivity contribution in [3.8, 4) is 0 Å². The van der Waals surface area contributed by atoms with Gasteiger partial charge in [-0.1, -0.05) is 28.1 Å². The molecule has 0 N–H and O–H groups in total. The molecule has 0 aliphatic rings. The van der Waals surface area contributed by atoms with Crippen LogP contribution in [0.5, 0.6) is 0 Å². The van der Waals surface area contributed by atoms with Gasteiger partial charge >= 0.3 is 0 Å². The molecule has 0 aromatic heterocycles. The number of ether oxygens (including phenoxy) is 1. The van der Waals surface area contributed by atoms with E-state index in [1.54, 1.807) is 0 Å². The molecule has 0 radical (unpaired) electrons. The quantitative estimate of drug-likeness (QED) is 0.587. The van der Waals surface area contributed by atoms with E-state index < -0.39 is 0 Å². The zero-order chi connectivity index (χ0) is 12.0. The van der Waals surface area contributed by atoms with Crippen molar-refractivity contribution in [1.82, 2.24) is 0 Å². The van der Waals surface area contributed by atoms with Crippen LogP contribution in [0, 0.1) is 6.92 Å². The normalized spacial score (nSPS) is 10.5. The van der Waals surface area contributed by atoms with Gasteiger partial charge in [-0.2, -0.15) is 0 Å². The van der Waals surface area contributed by atoms with Crippen molar-refractivity contribution < 1.29 is 4.74 Å². The molecular formula is C13H20BrNO. The van der Waals surface area contributed by atoms with Gasteiger partial charge in [-0.25, -0.2) is 0 Å². The fourth-order valence-electron chi connectivity index (χ4n) is 1.70. The van der Waals surface area contributed by atoms with Gasteiger partial charge in [0.15, 0.2) is 0 Å². The molecule has 0 aliphatic heterocycles. The van der Waals surface area contributed by atoms with Gasteiger partial charge in [-0.05, 0) is 31.0 Å². The van der Waals surface area contributed by atoms with Crippen LogP contribution in [0.25, 0.3) is 0 Å². The van der Waals surface area contributed by atoms with Crippen LogP contribution in [0.2, 0.25) is 0 Å². The summed E-state index contributed by atoms with van der Waals surface area (Å²) >= 11 is 3.47. The average molecular weight is 286 g/mol. The van der Waals surface area contributed by atoms with Crippen molar-refractivity contribution in [2.75, 3.05) is 31.7 Å². The molecule has 0 bridgehead atoms. The summed E-state index contributed by atoms with van der Waals surface area (Å²) in [5, 5.41) is 0.913. The lowest BCUT2D eigenvalue weighted by Gasteiger charge is -2.21. The van der Waals surface area contributed by atoms with Crippen molar-refractivity contribution in [2.24, 2.45) is 0 Å². The van der Waals surface area contributed by atoms with Crippen LogP contribution in [0.1, 0.15) is 18.1 Å². The summed E-state index contributed by atoms with van der Waals surface area (Å²) in [4.78, 5) is 2.24. The lowest BCUT2D eigenvalue weighted by molar-refractivity contribution is 0.154. The Balaban J connectivity index is 2.64. The van der Waals surface area contributed by atoms with Gasteiger partial charge in [0.1, 0.15) is 0 Å². The molecule has 1 rings (SSSR count). The highest BCUT2D eigenvalue weighted by Crippen LogP contribution is 2.21. The summed E-state index contributed by atoms with van der Waals surface area (Å²) in [6.45, 7) is 6.68. The largest absolute Gasteiger partial charge is 0.380 e. The molecule has 90 valence electrons. The SMILES string of the molecule is CCOCCN(C)c1ccc(CBr)cc1C. The molecule has 0 aliphatic carbocycles. The van der Waals surface area contributed by atoms with Gasteiger partial charge in [0.2, 0.25) is 0 Å². The highest BCUT2D eigenvalue weighted by molar-refractivity contribution is 9.08. The van der Waals surface area contributed by atoms with Crippen molar-refractivity contribution >= 4 is 21.6 Å². The Kier molecular flexibility index (Phi) is 5.85. The Morgan fingerprint density at radius 1 is 1.38 bits per heavy atom. The number of hydrogen-bond donors (Lipinski definition) is 0. The number of rotatable bonds is 6. The van der Waals surface area contributed by atoms with E-state index in [0.717, 1.165) is 25.1 Å². The maximum Gasteiger partial charge on any atom is 0.0641 e. The van der Waals surface area contributed by atoms with E-state index in [2.05, 4.69) is 53.0 Å². The third-order valence-electron chi connectivity index (χ3n) is 2.60. The fraction of sp³-hybridized carbons (Fsp3) is 0.538. The van der Waals surface area contributed by atoms with Gasteiger partial charge in [-0.15, -0.1) is 0 Å². The molecular weight excluding hydrogens is 266 g/mol. The predicted octanol–water partition coefficient (Wildman–Crippen LogP) is 3.36. The molecule has 0 heterocycles. The second-order valence-electron chi connectivity index (χ2n) is 3.87. The smallest absolute Gasteiger partial charge is 0.0641 e. The van der Waals surface area contributed by atoms with Crippen LogP contribution in [0.3, 0.4) is 0 Å². The Bertz CT molecular complexity index is 328. The maximum absolute atomic E-state index is 5.36. The second kappa shape index (κ2) is 6.92. The van der Waals surface area contributed by atoms with E-state index >= 15 is 0 Å². The number of halogens is 1. The summed E-state index contributed by atoms with van der Waals surface area (Å²) in [7, 11) is 2.11. The van der Waals surface area contributed by atoms with E-state index in [4.69, 9.17) is 4.74 Å². The number of benzene rings is 1. The van der Waals surface area contributed by atoms with E-state index in [0.29, 0.717) is 0 Å². The van der Waals surface area contributed by atoms with Crippen LogP contribution in [-0.4, -0.2) is 26.8 Å².